The molecule has 0 saturated carbocycles. The van der Waals surface area contributed by atoms with E-state index in [1.165, 1.54) is 10.8 Å². The molecule has 4 heteroatoms. The van der Waals surface area contributed by atoms with Gasteiger partial charge in [-0.15, -0.1) is 0 Å². The summed E-state index contributed by atoms with van der Waals surface area (Å²) in [4.78, 5) is 3.95. The van der Waals surface area contributed by atoms with Gasteiger partial charge in [-0.2, -0.15) is 5.26 Å². The molecule has 8 aromatic rings. The van der Waals surface area contributed by atoms with Gasteiger partial charge in [0.15, 0.2) is 5.69 Å². The molecule has 6 aromatic carbocycles. The highest BCUT2D eigenvalue weighted by Crippen LogP contribution is 2.41. The van der Waals surface area contributed by atoms with Crippen molar-refractivity contribution in [1.82, 2.24) is 9.13 Å². The van der Waals surface area contributed by atoms with Crippen molar-refractivity contribution in [2.24, 2.45) is 0 Å². The third-order valence-corrected chi connectivity index (χ3v) is 8.18. The van der Waals surface area contributed by atoms with Gasteiger partial charge >= 0.3 is 0 Å². The van der Waals surface area contributed by atoms with Gasteiger partial charge in [-0.25, -0.2) is 4.85 Å². The van der Waals surface area contributed by atoms with E-state index >= 15 is 0 Å². The van der Waals surface area contributed by atoms with Crippen LogP contribution in [0.3, 0.4) is 0 Å². The SMILES string of the molecule is [C-]#[N+]c1ccc(-n2c3ccccc3c3ccccc32)cc1-c1ccc(C#N)cc1-n1c2ccccc2c2ccccc21. The molecule has 2 aromatic heterocycles. The Morgan fingerprint density at radius 2 is 1.02 bits per heavy atom. The molecule has 0 N–H and O–H groups in total. The Hall–Kier alpha value is -6.10. The second-order valence-electron chi connectivity index (χ2n) is 10.4. The van der Waals surface area contributed by atoms with Gasteiger partial charge in [-0.3, -0.25) is 0 Å². The second-order valence-corrected chi connectivity index (χ2v) is 10.4. The normalized spacial score (nSPS) is 11.3. The summed E-state index contributed by atoms with van der Waals surface area (Å²) in [5.41, 5.74) is 9.04. The summed E-state index contributed by atoms with van der Waals surface area (Å²) in [5.74, 6) is 0. The third-order valence-electron chi connectivity index (χ3n) is 8.18. The Kier molecular flexibility index (Phi) is 5.22. The zero-order valence-corrected chi connectivity index (χ0v) is 22.5. The van der Waals surface area contributed by atoms with Gasteiger partial charge < -0.3 is 9.13 Å². The molecule has 0 radical (unpaired) electrons. The molecule has 4 nitrogen and oxygen atoms in total. The van der Waals surface area contributed by atoms with Crippen LogP contribution >= 0.6 is 0 Å². The molecule has 0 atom stereocenters. The summed E-state index contributed by atoms with van der Waals surface area (Å²) >= 11 is 0. The monoisotopic (exact) mass is 534 g/mol. The molecule has 0 aliphatic rings. The molecule has 194 valence electrons. The predicted molar refractivity (Wildman–Crippen MR) is 172 cm³/mol. The van der Waals surface area contributed by atoms with E-state index in [2.05, 4.69) is 111 Å². The minimum atomic E-state index is 0.561. The Bertz CT molecular complexity index is 2340. The summed E-state index contributed by atoms with van der Waals surface area (Å²) in [6, 6.07) is 47.7. The van der Waals surface area contributed by atoms with Crippen LogP contribution in [0, 0.1) is 17.9 Å². The molecule has 42 heavy (non-hydrogen) atoms. The standard InChI is InChI=1S/C38H22N4/c1-40-33-21-19-26(41-34-14-6-2-10-27(34)28-11-3-7-15-35(28)41)23-32(33)31-20-18-25(24-39)22-38(31)42-36-16-8-4-12-29(36)30-13-5-9-17-37(30)42/h2-23H. The van der Waals surface area contributed by atoms with Gasteiger partial charge in [0.2, 0.25) is 0 Å². The summed E-state index contributed by atoms with van der Waals surface area (Å²) < 4.78 is 4.49. The lowest BCUT2D eigenvalue weighted by Crippen LogP contribution is -1.99. The topological polar surface area (TPSA) is 38.0 Å². The number of nitrogens with zero attached hydrogens (tertiary/aromatic N) is 4. The first-order chi connectivity index (χ1) is 20.8. The Morgan fingerprint density at radius 1 is 0.524 bits per heavy atom. The first-order valence-electron chi connectivity index (χ1n) is 13.8. The van der Waals surface area contributed by atoms with E-state index in [0.717, 1.165) is 55.3 Å². The summed E-state index contributed by atoms with van der Waals surface area (Å²) in [6.07, 6.45) is 0. The van der Waals surface area contributed by atoms with E-state index < -0.39 is 0 Å². The van der Waals surface area contributed by atoms with Crippen molar-refractivity contribution in [3.8, 4) is 28.6 Å². The zero-order valence-electron chi connectivity index (χ0n) is 22.5. The van der Waals surface area contributed by atoms with Crippen LogP contribution < -0.4 is 0 Å². The van der Waals surface area contributed by atoms with Crippen molar-refractivity contribution in [3.05, 3.63) is 150 Å². The summed E-state index contributed by atoms with van der Waals surface area (Å²) in [6.45, 7) is 8.09. The Labute approximate surface area is 242 Å². The van der Waals surface area contributed by atoms with E-state index in [0.29, 0.717) is 11.3 Å². The number of benzene rings is 6. The predicted octanol–water partition coefficient (Wildman–Crippen LogP) is 9.97. The van der Waals surface area contributed by atoms with Crippen LogP contribution in [0.5, 0.6) is 0 Å². The Morgan fingerprint density at radius 3 is 1.52 bits per heavy atom. The van der Waals surface area contributed by atoms with Crippen molar-refractivity contribution in [2.45, 2.75) is 0 Å². The number of rotatable bonds is 3. The van der Waals surface area contributed by atoms with Gasteiger partial charge in [0.1, 0.15) is 0 Å². The number of nitriles is 1. The van der Waals surface area contributed by atoms with Gasteiger partial charge in [-0.05, 0) is 59.7 Å². The van der Waals surface area contributed by atoms with Crippen LogP contribution in [0.1, 0.15) is 5.56 Å². The average Bonchev–Trinajstić information content (AvgIpc) is 3.57. The van der Waals surface area contributed by atoms with Crippen molar-refractivity contribution in [2.75, 3.05) is 0 Å². The van der Waals surface area contributed by atoms with Crippen LogP contribution in [-0.2, 0) is 0 Å². The molecule has 8 rings (SSSR count). The van der Waals surface area contributed by atoms with E-state index in [1.807, 2.05) is 42.5 Å². The zero-order chi connectivity index (χ0) is 28.2. The second kappa shape index (κ2) is 9.24. The van der Waals surface area contributed by atoms with Crippen LogP contribution in [0.2, 0.25) is 0 Å². The van der Waals surface area contributed by atoms with Gasteiger partial charge in [0, 0.05) is 27.2 Å². The molecule has 2 heterocycles. The molecular weight excluding hydrogens is 512 g/mol. The molecule has 0 unspecified atom stereocenters. The molecule has 0 amide bonds. The number of aromatic nitrogens is 2. The van der Waals surface area contributed by atoms with Crippen LogP contribution in [0.25, 0.3) is 71.0 Å². The maximum Gasteiger partial charge on any atom is 0.195 e. The fraction of sp³-hybridized carbons (Fsp3) is 0. The maximum absolute atomic E-state index is 9.91. The van der Waals surface area contributed by atoms with E-state index in [9.17, 15) is 5.26 Å². The highest BCUT2D eigenvalue weighted by Gasteiger charge is 2.19. The van der Waals surface area contributed by atoms with Crippen molar-refractivity contribution in [1.29, 1.82) is 5.26 Å². The molecule has 0 aliphatic heterocycles. The number of hydrogen-bond donors (Lipinski definition) is 0. The highest BCUT2D eigenvalue weighted by molar-refractivity contribution is 6.11. The fourth-order valence-electron chi connectivity index (χ4n) is 6.37. The molecule has 0 spiro atoms. The van der Waals surface area contributed by atoms with Crippen LogP contribution in [0.15, 0.2) is 133 Å². The van der Waals surface area contributed by atoms with Gasteiger partial charge in [0.05, 0.1) is 46.0 Å². The third kappa shape index (κ3) is 3.40. The lowest BCUT2D eigenvalue weighted by Gasteiger charge is -2.17. The van der Waals surface area contributed by atoms with E-state index in [1.54, 1.807) is 0 Å². The van der Waals surface area contributed by atoms with Gasteiger partial charge in [0.25, 0.3) is 0 Å². The molecular formula is C38H22N4. The van der Waals surface area contributed by atoms with Crippen LogP contribution in [0.4, 0.5) is 5.69 Å². The quantitative estimate of drug-likeness (QED) is 0.208. The maximum atomic E-state index is 9.91. The fourth-order valence-corrected chi connectivity index (χ4v) is 6.37. The average molecular weight is 535 g/mol. The number of fused-ring (bicyclic) bond motifs is 6. The summed E-state index contributed by atoms with van der Waals surface area (Å²) in [5, 5.41) is 14.6. The van der Waals surface area contributed by atoms with Crippen molar-refractivity contribution >= 4 is 49.3 Å². The molecule has 0 saturated heterocycles. The summed E-state index contributed by atoms with van der Waals surface area (Å²) in [7, 11) is 0. The van der Waals surface area contributed by atoms with Gasteiger partial charge in [-0.1, -0.05) is 84.9 Å². The first-order valence-corrected chi connectivity index (χ1v) is 13.8. The van der Waals surface area contributed by atoms with Crippen molar-refractivity contribution < 1.29 is 0 Å². The lowest BCUT2D eigenvalue weighted by molar-refractivity contribution is 1.17. The largest absolute Gasteiger partial charge is 0.309 e. The van der Waals surface area contributed by atoms with E-state index in [4.69, 9.17) is 6.57 Å². The molecule has 0 fully saturated rings. The van der Waals surface area contributed by atoms with Crippen molar-refractivity contribution in [3.63, 3.8) is 0 Å². The minimum Gasteiger partial charge on any atom is -0.309 e. The van der Waals surface area contributed by atoms with E-state index in [-0.39, 0.29) is 0 Å². The molecule has 0 aliphatic carbocycles. The van der Waals surface area contributed by atoms with Crippen LogP contribution in [-0.4, -0.2) is 9.13 Å². The lowest BCUT2D eigenvalue weighted by atomic mass is 9.98. The smallest absolute Gasteiger partial charge is 0.195 e. The Balaban J connectivity index is 1.46. The molecule has 0 bridgehead atoms. The number of para-hydroxylation sites is 4. The highest BCUT2D eigenvalue weighted by atomic mass is 15.0. The first kappa shape index (κ1) is 23.8. The number of hydrogen-bond acceptors (Lipinski definition) is 1. The minimum absolute atomic E-state index is 0.561.